The molecule has 1 atom stereocenters. The third-order valence-corrected chi connectivity index (χ3v) is 6.26. The Morgan fingerprint density at radius 3 is 2.73 bits per heavy atom. The van der Waals surface area contributed by atoms with Gasteiger partial charge in [-0.2, -0.15) is 5.10 Å². The number of fused-ring (bicyclic) bond motifs is 2. The zero-order valence-electron chi connectivity index (χ0n) is 20.2. The number of rotatable bonds is 7. The summed E-state index contributed by atoms with van der Waals surface area (Å²) in [6.45, 7) is 2.01. The van der Waals surface area contributed by atoms with E-state index in [9.17, 15) is 4.79 Å². The Bertz CT molecular complexity index is 1700. The molecule has 3 aromatic carbocycles. The first kappa shape index (κ1) is 22.5. The van der Waals surface area contributed by atoms with Gasteiger partial charge in [0.25, 0.3) is 5.91 Å². The summed E-state index contributed by atoms with van der Waals surface area (Å²) in [5, 5.41) is 15.4. The molecule has 3 heterocycles. The van der Waals surface area contributed by atoms with E-state index in [1.807, 2.05) is 73.7 Å². The van der Waals surface area contributed by atoms with E-state index >= 15 is 0 Å². The number of amides is 1. The quantitative estimate of drug-likeness (QED) is 0.234. The molecule has 1 unspecified atom stereocenters. The SMILES string of the molecule is CC(Cc1ccccc1)NC(=O)c1cc2ccc(-c3nccc(Nc4ccc5[nH]ncc5c4)n3)cc2[nH]1. The monoisotopic (exact) mass is 487 g/mol. The molecule has 0 radical (unpaired) electrons. The summed E-state index contributed by atoms with van der Waals surface area (Å²) in [4.78, 5) is 25.3. The molecule has 37 heavy (non-hydrogen) atoms. The number of anilines is 2. The molecular weight excluding hydrogens is 462 g/mol. The summed E-state index contributed by atoms with van der Waals surface area (Å²) >= 11 is 0. The molecule has 182 valence electrons. The second kappa shape index (κ2) is 9.58. The molecule has 0 aliphatic carbocycles. The summed E-state index contributed by atoms with van der Waals surface area (Å²) in [5.74, 6) is 1.15. The lowest BCUT2D eigenvalue weighted by Crippen LogP contribution is -2.34. The summed E-state index contributed by atoms with van der Waals surface area (Å²) in [6.07, 6.45) is 4.29. The minimum atomic E-state index is -0.127. The van der Waals surface area contributed by atoms with Crippen molar-refractivity contribution in [3.05, 3.63) is 103 Å². The average molecular weight is 488 g/mol. The van der Waals surface area contributed by atoms with Crippen LogP contribution in [0.4, 0.5) is 11.5 Å². The van der Waals surface area contributed by atoms with Crippen molar-refractivity contribution >= 4 is 39.2 Å². The van der Waals surface area contributed by atoms with Crippen molar-refractivity contribution in [3.8, 4) is 11.4 Å². The molecule has 3 aromatic heterocycles. The number of carbonyl (C=O) groups excluding carboxylic acids is 1. The van der Waals surface area contributed by atoms with Gasteiger partial charge in [0.2, 0.25) is 0 Å². The van der Waals surface area contributed by atoms with E-state index in [-0.39, 0.29) is 11.9 Å². The largest absolute Gasteiger partial charge is 0.351 e. The van der Waals surface area contributed by atoms with Crippen molar-refractivity contribution in [2.75, 3.05) is 5.32 Å². The smallest absolute Gasteiger partial charge is 0.267 e. The highest BCUT2D eigenvalue weighted by Gasteiger charge is 2.14. The van der Waals surface area contributed by atoms with Crippen LogP contribution < -0.4 is 10.6 Å². The summed E-state index contributed by atoms with van der Waals surface area (Å²) in [5.41, 5.74) is 5.31. The topological polar surface area (TPSA) is 111 Å². The zero-order chi connectivity index (χ0) is 25.2. The Morgan fingerprint density at radius 2 is 1.84 bits per heavy atom. The van der Waals surface area contributed by atoms with E-state index in [0.29, 0.717) is 17.3 Å². The van der Waals surface area contributed by atoms with Crippen molar-refractivity contribution in [1.29, 1.82) is 0 Å². The number of hydrogen-bond acceptors (Lipinski definition) is 5. The Balaban J connectivity index is 1.18. The van der Waals surface area contributed by atoms with Crippen molar-refractivity contribution in [2.45, 2.75) is 19.4 Å². The molecule has 0 spiro atoms. The predicted octanol–water partition coefficient (Wildman–Crippen LogP) is 5.61. The molecule has 6 rings (SSSR count). The highest BCUT2D eigenvalue weighted by molar-refractivity contribution is 5.98. The molecule has 0 saturated heterocycles. The van der Waals surface area contributed by atoms with Gasteiger partial charge in [-0.3, -0.25) is 9.89 Å². The van der Waals surface area contributed by atoms with E-state index in [1.54, 1.807) is 12.4 Å². The highest BCUT2D eigenvalue weighted by atomic mass is 16.1. The first-order valence-corrected chi connectivity index (χ1v) is 12.1. The fourth-order valence-corrected chi connectivity index (χ4v) is 4.44. The summed E-state index contributed by atoms with van der Waals surface area (Å²) in [6, 6.07) is 25.7. The molecule has 0 fully saturated rings. The van der Waals surface area contributed by atoms with Crippen molar-refractivity contribution in [3.63, 3.8) is 0 Å². The van der Waals surface area contributed by atoms with Gasteiger partial charge in [-0.05, 0) is 55.3 Å². The third-order valence-electron chi connectivity index (χ3n) is 6.26. The Hall–Kier alpha value is -4.98. The zero-order valence-corrected chi connectivity index (χ0v) is 20.2. The van der Waals surface area contributed by atoms with Crippen molar-refractivity contribution in [1.82, 2.24) is 30.5 Å². The lowest BCUT2D eigenvalue weighted by atomic mass is 10.1. The number of carbonyl (C=O) groups is 1. The van der Waals surface area contributed by atoms with Crippen LogP contribution in [-0.4, -0.2) is 37.1 Å². The lowest BCUT2D eigenvalue weighted by Gasteiger charge is -2.13. The molecule has 0 aliphatic rings. The van der Waals surface area contributed by atoms with Crippen LogP contribution >= 0.6 is 0 Å². The van der Waals surface area contributed by atoms with E-state index < -0.39 is 0 Å². The van der Waals surface area contributed by atoms with Gasteiger partial charge in [-0.15, -0.1) is 0 Å². The summed E-state index contributed by atoms with van der Waals surface area (Å²) < 4.78 is 0. The average Bonchev–Trinajstić information content (AvgIpc) is 3.56. The van der Waals surface area contributed by atoms with Crippen LogP contribution in [0.1, 0.15) is 23.0 Å². The normalized spacial score (nSPS) is 12.0. The molecule has 8 nitrogen and oxygen atoms in total. The standard InChI is InChI=1S/C29H25N7O/c1-18(13-19-5-3-2-4-6-19)32-29(37)26-15-20-7-8-21(16-25(20)34-26)28-30-12-11-27(35-28)33-23-9-10-24-22(14-23)17-31-36-24/h2-12,14-18,34H,13H2,1H3,(H,31,36)(H,32,37)(H,30,33,35). The van der Waals surface area contributed by atoms with Crippen LogP contribution in [0.3, 0.4) is 0 Å². The molecule has 1 amide bonds. The minimum absolute atomic E-state index is 0.00901. The van der Waals surface area contributed by atoms with E-state index in [0.717, 1.165) is 39.5 Å². The van der Waals surface area contributed by atoms with Crippen LogP contribution in [0, 0.1) is 0 Å². The second-order valence-electron chi connectivity index (χ2n) is 9.11. The van der Waals surface area contributed by atoms with E-state index in [1.165, 1.54) is 5.56 Å². The van der Waals surface area contributed by atoms with Gasteiger partial charge in [0.15, 0.2) is 5.82 Å². The van der Waals surface area contributed by atoms with Crippen molar-refractivity contribution in [2.24, 2.45) is 0 Å². The van der Waals surface area contributed by atoms with Crippen LogP contribution in [-0.2, 0) is 6.42 Å². The maximum absolute atomic E-state index is 12.9. The molecule has 0 saturated carbocycles. The van der Waals surface area contributed by atoms with Gasteiger partial charge in [-0.1, -0.05) is 42.5 Å². The van der Waals surface area contributed by atoms with Crippen LogP contribution in [0.5, 0.6) is 0 Å². The number of hydrogen-bond donors (Lipinski definition) is 4. The fraction of sp³-hybridized carbons (Fsp3) is 0.103. The van der Waals surface area contributed by atoms with Gasteiger partial charge in [0.1, 0.15) is 11.5 Å². The molecule has 6 aromatic rings. The van der Waals surface area contributed by atoms with Gasteiger partial charge < -0.3 is 15.6 Å². The molecule has 0 aliphatic heterocycles. The Labute approximate surface area is 213 Å². The molecular formula is C29H25N7O. The van der Waals surface area contributed by atoms with E-state index in [2.05, 4.69) is 42.9 Å². The number of H-pyrrole nitrogens is 2. The number of nitrogens with one attached hydrogen (secondary N) is 4. The maximum atomic E-state index is 12.9. The van der Waals surface area contributed by atoms with Gasteiger partial charge in [-0.25, -0.2) is 9.97 Å². The van der Waals surface area contributed by atoms with Gasteiger partial charge >= 0.3 is 0 Å². The van der Waals surface area contributed by atoms with Crippen LogP contribution in [0.15, 0.2) is 91.3 Å². The first-order valence-electron chi connectivity index (χ1n) is 12.1. The van der Waals surface area contributed by atoms with E-state index in [4.69, 9.17) is 4.98 Å². The Morgan fingerprint density at radius 1 is 0.946 bits per heavy atom. The lowest BCUT2D eigenvalue weighted by molar-refractivity contribution is 0.0936. The highest BCUT2D eigenvalue weighted by Crippen LogP contribution is 2.25. The second-order valence-corrected chi connectivity index (χ2v) is 9.11. The molecule has 0 bridgehead atoms. The third kappa shape index (κ3) is 4.90. The fourth-order valence-electron chi connectivity index (χ4n) is 4.44. The predicted molar refractivity (Wildman–Crippen MR) is 146 cm³/mol. The summed E-state index contributed by atoms with van der Waals surface area (Å²) in [7, 11) is 0. The number of aromatic amines is 2. The van der Waals surface area contributed by atoms with Gasteiger partial charge in [0, 0.05) is 39.8 Å². The van der Waals surface area contributed by atoms with Crippen LogP contribution in [0.2, 0.25) is 0 Å². The van der Waals surface area contributed by atoms with Crippen molar-refractivity contribution < 1.29 is 4.79 Å². The number of nitrogens with zero attached hydrogens (tertiary/aromatic N) is 3. The minimum Gasteiger partial charge on any atom is -0.351 e. The number of benzene rings is 3. The number of aromatic nitrogens is 5. The first-order chi connectivity index (χ1) is 18.1. The molecule has 8 heteroatoms. The van der Waals surface area contributed by atoms with Gasteiger partial charge in [0.05, 0.1) is 11.7 Å². The molecule has 4 N–H and O–H groups in total. The Kier molecular flexibility index (Phi) is 5.82. The van der Waals surface area contributed by atoms with Crippen LogP contribution in [0.25, 0.3) is 33.2 Å². The maximum Gasteiger partial charge on any atom is 0.267 e.